The van der Waals surface area contributed by atoms with Gasteiger partial charge in [0.25, 0.3) is 0 Å². The van der Waals surface area contributed by atoms with Gasteiger partial charge in [-0.05, 0) is 19.8 Å². The molecule has 0 spiro atoms. The predicted octanol–water partition coefficient (Wildman–Crippen LogP) is 8.25. The Kier molecular flexibility index (Phi) is 22.7. The monoisotopic (exact) mass is 626 g/mol. The van der Waals surface area contributed by atoms with Crippen molar-refractivity contribution in [3.63, 3.8) is 0 Å². The molecule has 1 aromatic heterocycles. The number of methoxy groups -OCH3 is 1. The summed E-state index contributed by atoms with van der Waals surface area (Å²) in [5.74, 6) is -0.435. The minimum Gasteiger partial charge on any atom is -0.447 e. The Labute approximate surface area is 265 Å². The van der Waals surface area contributed by atoms with Crippen LogP contribution in [0.2, 0.25) is 0 Å². The largest absolute Gasteiger partial charge is 0.515 e. The Hall–Kier alpha value is -2.20. The minimum absolute atomic E-state index is 0.0669. The van der Waals surface area contributed by atoms with E-state index in [-0.39, 0.29) is 13.2 Å². The molecule has 0 fully saturated rings. The number of carbonyl (C=O) groups excluding carboxylic acids is 3. The average molecular weight is 627 g/mol. The van der Waals surface area contributed by atoms with E-state index in [1.807, 2.05) is 23.8 Å². The van der Waals surface area contributed by atoms with Crippen LogP contribution < -0.4 is 14.8 Å². The number of carbonyl (C=O) groups is 3. The molecule has 43 heavy (non-hydrogen) atoms. The van der Waals surface area contributed by atoms with Crippen molar-refractivity contribution < 1.29 is 33.2 Å². The van der Waals surface area contributed by atoms with Crippen LogP contribution in [0.4, 0.5) is 14.7 Å². The highest BCUT2D eigenvalue weighted by molar-refractivity contribution is 7.13. The van der Waals surface area contributed by atoms with Gasteiger partial charge in [-0.25, -0.2) is 14.2 Å². The highest BCUT2D eigenvalue weighted by atomic mass is 32.1. The number of aromatic nitrogens is 1. The van der Waals surface area contributed by atoms with E-state index in [0.29, 0.717) is 18.2 Å². The third-order valence-electron chi connectivity index (χ3n) is 7.55. The van der Waals surface area contributed by atoms with Gasteiger partial charge < -0.3 is 19.5 Å². The summed E-state index contributed by atoms with van der Waals surface area (Å²) in [6.45, 7) is 8.60. The van der Waals surface area contributed by atoms with E-state index in [1.54, 1.807) is 0 Å². The van der Waals surface area contributed by atoms with E-state index in [0.717, 1.165) is 29.9 Å². The van der Waals surface area contributed by atoms with E-state index in [9.17, 15) is 14.4 Å². The molecule has 0 bridgehead atoms. The number of ether oxygens (including phenoxy) is 3. The summed E-state index contributed by atoms with van der Waals surface area (Å²) >= 11 is 1.31. The molecule has 1 atom stereocenters. The summed E-state index contributed by atoms with van der Waals surface area (Å²) in [5, 5.41) is 5.18. The van der Waals surface area contributed by atoms with Gasteiger partial charge in [0.15, 0.2) is 0 Å². The van der Waals surface area contributed by atoms with Gasteiger partial charge in [-0.15, -0.1) is 0 Å². The van der Waals surface area contributed by atoms with Crippen LogP contribution in [-0.2, 0) is 25.5 Å². The predicted molar refractivity (Wildman–Crippen MR) is 174 cm³/mol. The number of hydrogen-bond donors (Lipinski definition) is 1. The molecule has 0 saturated heterocycles. The van der Waals surface area contributed by atoms with Crippen molar-refractivity contribution in [2.45, 2.75) is 149 Å². The third kappa shape index (κ3) is 17.6. The molecule has 1 unspecified atom stereocenters. The zero-order valence-electron chi connectivity index (χ0n) is 27.8. The molecule has 248 valence electrons. The molecule has 1 rings (SSSR count). The van der Waals surface area contributed by atoms with Crippen LogP contribution >= 0.6 is 11.3 Å². The molecule has 10 heteroatoms. The Morgan fingerprint density at radius 2 is 1.33 bits per heavy atom. The maximum Gasteiger partial charge on any atom is 0.515 e. The Balaban J connectivity index is 2.12. The number of nitrogens with zero attached hydrogens (tertiary/aromatic N) is 2. The van der Waals surface area contributed by atoms with Crippen molar-refractivity contribution >= 4 is 34.6 Å². The SMILES string of the molecule is CCCCCCCCCCCCCCCCCCNC(=O)OCC(COC(=O)N(C(C)=O)c1scc(C)[n+]1CCC)OC. The zero-order chi connectivity index (χ0) is 31.7. The molecule has 9 nitrogen and oxygen atoms in total. The fourth-order valence-corrected chi connectivity index (χ4v) is 6.00. The molecule has 0 aliphatic heterocycles. The summed E-state index contributed by atoms with van der Waals surface area (Å²) in [6, 6.07) is 0. The minimum atomic E-state index is -0.783. The summed E-state index contributed by atoms with van der Waals surface area (Å²) in [6.07, 6.45) is 19.9. The molecule has 0 saturated carbocycles. The molecule has 0 aliphatic carbocycles. The van der Waals surface area contributed by atoms with Crippen LogP contribution in [-0.4, -0.2) is 51.1 Å². The van der Waals surface area contributed by atoms with E-state index < -0.39 is 24.2 Å². The van der Waals surface area contributed by atoms with Gasteiger partial charge in [0.1, 0.15) is 25.0 Å². The molecule has 0 aliphatic rings. The molecule has 1 N–H and O–H groups in total. The number of hydrogen-bond acceptors (Lipinski definition) is 7. The van der Waals surface area contributed by atoms with Crippen molar-refractivity contribution in [3.8, 4) is 0 Å². The number of unbranched alkanes of at least 4 members (excludes halogenated alkanes) is 15. The van der Waals surface area contributed by atoms with Crippen molar-refractivity contribution in [3.05, 3.63) is 11.1 Å². The van der Waals surface area contributed by atoms with Gasteiger partial charge in [-0.1, -0.05) is 126 Å². The van der Waals surface area contributed by atoms with E-state index in [4.69, 9.17) is 14.2 Å². The lowest BCUT2D eigenvalue weighted by Crippen LogP contribution is -2.47. The molecule has 3 amide bonds. The number of aryl methyl sites for hydroxylation is 1. The lowest BCUT2D eigenvalue weighted by Gasteiger charge is -2.17. The highest BCUT2D eigenvalue weighted by Gasteiger charge is 2.36. The molecule has 0 aromatic carbocycles. The number of anilines is 1. The first kappa shape index (κ1) is 38.8. The van der Waals surface area contributed by atoms with Gasteiger partial charge in [0.05, 0.1) is 6.54 Å². The molecule has 0 radical (unpaired) electrons. The number of nitrogens with one attached hydrogen (secondary N) is 1. The maximum atomic E-state index is 12.8. The topological polar surface area (TPSA) is 98.0 Å². The number of thiazole rings is 1. The normalized spacial score (nSPS) is 11.7. The van der Waals surface area contributed by atoms with E-state index in [2.05, 4.69) is 12.2 Å². The van der Waals surface area contributed by atoms with Gasteiger partial charge in [-0.2, -0.15) is 4.79 Å². The van der Waals surface area contributed by atoms with E-state index in [1.165, 1.54) is 115 Å². The van der Waals surface area contributed by atoms with E-state index >= 15 is 0 Å². The number of imide groups is 1. The van der Waals surface area contributed by atoms with Crippen molar-refractivity contribution in [1.82, 2.24) is 5.32 Å². The second-order valence-electron chi connectivity index (χ2n) is 11.4. The van der Waals surface area contributed by atoms with Crippen LogP contribution in [0.1, 0.15) is 136 Å². The summed E-state index contributed by atoms with van der Waals surface area (Å²) in [4.78, 5) is 38.2. The third-order valence-corrected chi connectivity index (χ3v) is 8.63. The quantitative estimate of drug-likeness (QED) is 0.0867. The Morgan fingerprint density at radius 1 is 0.814 bits per heavy atom. The lowest BCUT2D eigenvalue weighted by molar-refractivity contribution is -0.685. The summed E-state index contributed by atoms with van der Waals surface area (Å²) < 4.78 is 17.9. The Morgan fingerprint density at radius 3 is 1.81 bits per heavy atom. The summed E-state index contributed by atoms with van der Waals surface area (Å²) in [5.41, 5.74) is 0.967. The Bertz CT molecular complexity index is 894. The zero-order valence-corrected chi connectivity index (χ0v) is 28.6. The first-order valence-electron chi connectivity index (χ1n) is 16.7. The standard InChI is InChI=1S/C33H59N3O6S/c1-6-8-9-10-11-12-13-14-15-16-17-18-19-20-21-22-23-34-31(38)41-25-30(40-5)26-42-33(39)36(29(4)37)32-35(24-7-2)28(3)27-43-32/h27,30H,6-26H2,1-5H3/p+1. The fraction of sp³-hybridized carbons (Fsp3) is 0.818. The van der Waals surface area contributed by atoms with Crippen LogP contribution in [0, 0.1) is 6.92 Å². The second kappa shape index (κ2) is 25.2. The number of amides is 3. The van der Waals surface area contributed by atoms with Crippen LogP contribution in [0.5, 0.6) is 0 Å². The van der Waals surface area contributed by atoms with Crippen LogP contribution in [0.3, 0.4) is 0 Å². The van der Waals surface area contributed by atoms with Gasteiger partial charge >= 0.3 is 23.2 Å². The molecular weight excluding hydrogens is 566 g/mol. The number of alkyl carbamates (subject to hydrolysis) is 1. The molecular formula is C33H60N3O6S+. The van der Waals surface area contributed by atoms with Gasteiger partial charge in [-0.3, -0.25) is 0 Å². The smallest absolute Gasteiger partial charge is 0.447 e. The van der Waals surface area contributed by atoms with Crippen LogP contribution in [0.15, 0.2) is 5.38 Å². The fourth-order valence-electron chi connectivity index (χ4n) is 4.92. The van der Waals surface area contributed by atoms with Gasteiger partial charge in [0, 0.05) is 26.0 Å². The summed E-state index contributed by atoms with van der Waals surface area (Å²) in [7, 11) is 1.46. The lowest BCUT2D eigenvalue weighted by atomic mass is 10.0. The first-order chi connectivity index (χ1) is 20.8. The molecule has 1 aromatic rings. The molecule has 1 heterocycles. The van der Waals surface area contributed by atoms with Crippen molar-refractivity contribution in [1.29, 1.82) is 0 Å². The van der Waals surface area contributed by atoms with Crippen molar-refractivity contribution in [2.24, 2.45) is 0 Å². The van der Waals surface area contributed by atoms with Crippen LogP contribution in [0.25, 0.3) is 0 Å². The maximum absolute atomic E-state index is 12.8. The number of rotatable bonds is 25. The van der Waals surface area contributed by atoms with Crippen molar-refractivity contribution in [2.75, 3.05) is 31.8 Å². The highest BCUT2D eigenvalue weighted by Crippen LogP contribution is 2.20. The second-order valence-corrected chi connectivity index (χ2v) is 12.3. The average Bonchev–Trinajstić information content (AvgIpc) is 3.33. The first-order valence-corrected chi connectivity index (χ1v) is 17.6. The van der Waals surface area contributed by atoms with Gasteiger partial charge in [0.2, 0.25) is 0 Å².